The van der Waals surface area contributed by atoms with Gasteiger partial charge in [-0.25, -0.2) is 18.6 Å². The number of carboxylic acids is 1. The van der Waals surface area contributed by atoms with Crippen LogP contribution in [0.5, 0.6) is 5.75 Å². The maximum atomic E-state index is 13.2. The highest BCUT2D eigenvalue weighted by Gasteiger charge is 2.34. The van der Waals surface area contributed by atoms with Gasteiger partial charge in [-0.3, -0.25) is 4.79 Å². The largest absolute Gasteiger partial charge is 0.486 e. The fraction of sp³-hybridized carbons (Fsp3) is 0.348. The SMILES string of the molecule is CC(C)(C)C(NC(=O)c1ccc2sc(C(F)F)nc2c1OCc1ccc(C(F)(F)F)cc1)C(=O)O. The number of aliphatic carboxylic acids is 1. The predicted octanol–water partition coefficient (Wildman–Crippen LogP) is 6.06. The number of aromatic nitrogens is 1. The lowest BCUT2D eigenvalue weighted by atomic mass is 9.86. The Balaban J connectivity index is 1.99. The number of halogens is 5. The number of ether oxygens (including phenoxy) is 1. The standard InChI is InChI=1S/C23H21F5N2O4S/c1-22(2,3)17(21(32)33)30-19(31)13-8-9-14-15(29-20(35-14)18(24)25)16(13)34-10-11-4-6-12(7-5-11)23(26,27)28/h4-9,17-18H,10H2,1-3H3,(H,30,31)(H,32,33). The summed E-state index contributed by atoms with van der Waals surface area (Å²) in [6.45, 7) is 4.56. The Morgan fingerprint density at radius 1 is 1.09 bits per heavy atom. The Labute approximate surface area is 200 Å². The first-order chi connectivity index (χ1) is 16.2. The van der Waals surface area contributed by atoms with Crippen molar-refractivity contribution in [3.63, 3.8) is 0 Å². The van der Waals surface area contributed by atoms with Crippen LogP contribution in [0.15, 0.2) is 36.4 Å². The second kappa shape index (κ2) is 9.76. The molecule has 1 amide bonds. The summed E-state index contributed by atoms with van der Waals surface area (Å²) in [6.07, 6.45) is -7.39. The summed E-state index contributed by atoms with van der Waals surface area (Å²) in [5.41, 5.74) is -1.57. The van der Waals surface area contributed by atoms with Crippen molar-refractivity contribution in [3.05, 3.63) is 58.1 Å². The molecule has 6 nitrogen and oxygen atoms in total. The van der Waals surface area contributed by atoms with Crippen LogP contribution in [0.25, 0.3) is 10.2 Å². The minimum absolute atomic E-state index is 0.0347. The van der Waals surface area contributed by atoms with Crippen LogP contribution in [-0.4, -0.2) is 28.0 Å². The van der Waals surface area contributed by atoms with Crippen molar-refractivity contribution in [1.82, 2.24) is 10.3 Å². The van der Waals surface area contributed by atoms with Crippen molar-refractivity contribution >= 4 is 33.4 Å². The molecule has 1 heterocycles. The number of rotatable bonds is 7. The highest BCUT2D eigenvalue weighted by molar-refractivity contribution is 7.18. The second-order valence-corrected chi connectivity index (χ2v) is 9.80. The van der Waals surface area contributed by atoms with E-state index in [1.54, 1.807) is 20.8 Å². The summed E-state index contributed by atoms with van der Waals surface area (Å²) in [5, 5.41) is 11.4. The monoisotopic (exact) mass is 516 g/mol. The summed E-state index contributed by atoms with van der Waals surface area (Å²) in [6, 6.07) is 5.53. The Hall–Kier alpha value is -3.28. The van der Waals surface area contributed by atoms with Crippen LogP contribution in [0.2, 0.25) is 0 Å². The van der Waals surface area contributed by atoms with Crippen LogP contribution >= 0.6 is 11.3 Å². The first-order valence-electron chi connectivity index (χ1n) is 10.2. The van der Waals surface area contributed by atoms with Gasteiger partial charge in [-0.2, -0.15) is 13.2 Å². The molecule has 1 aromatic heterocycles. The Bertz CT molecular complexity index is 1230. The van der Waals surface area contributed by atoms with E-state index in [-0.39, 0.29) is 23.4 Å². The zero-order chi connectivity index (χ0) is 26.1. The van der Waals surface area contributed by atoms with E-state index in [4.69, 9.17) is 4.74 Å². The van der Waals surface area contributed by atoms with Crippen LogP contribution in [0, 0.1) is 5.41 Å². The number of fused-ring (bicyclic) bond motifs is 1. The number of nitrogens with one attached hydrogen (secondary N) is 1. The number of benzene rings is 2. The Morgan fingerprint density at radius 3 is 2.23 bits per heavy atom. The number of nitrogens with zero attached hydrogens (tertiary/aromatic N) is 1. The summed E-state index contributed by atoms with van der Waals surface area (Å²) < 4.78 is 70.9. The maximum Gasteiger partial charge on any atom is 0.416 e. The summed E-state index contributed by atoms with van der Waals surface area (Å²) in [5.74, 6) is -2.28. The van der Waals surface area contributed by atoms with Gasteiger partial charge in [-0.15, -0.1) is 11.3 Å². The molecule has 0 spiro atoms. The first kappa shape index (κ1) is 26.3. The summed E-state index contributed by atoms with van der Waals surface area (Å²) in [7, 11) is 0. The lowest BCUT2D eigenvalue weighted by molar-refractivity contribution is -0.142. The molecule has 0 bridgehead atoms. The Morgan fingerprint density at radius 2 is 1.71 bits per heavy atom. The quantitative estimate of drug-likeness (QED) is 0.373. The average Bonchev–Trinajstić information content (AvgIpc) is 3.19. The van der Waals surface area contributed by atoms with Gasteiger partial charge in [0.1, 0.15) is 18.2 Å². The van der Waals surface area contributed by atoms with Crippen molar-refractivity contribution in [1.29, 1.82) is 0 Å². The van der Waals surface area contributed by atoms with Crippen LogP contribution in [0.4, 0.5) is 22.0 Å². The number of carboxylic acid groups (broad SMARTS) is 1. The maximum absolute atomic E-state index is 13.2. The third-order valence-electron chi connectivity index (χ3n) is 5.02. The van der Waals surface area contributed by atoms with Gasteiger partial charge < -0.3 is 15.2 Å². The minimum Gasteiger partial charge on any atom is -0.486 e. The molecule has 2 N–H and O–H groups in total. The summed E-state index contributed by atoms with van der Waals surface area (Å²) in [4.78, 5) is 28.6. The molecular weight excluding hydrogens is 495 g/mol. The molecule has 35 heavy (non-hydrogen) atoms. The van der Waals surface area contributed by atoms with Gasteiger partial charge in [0.2, 0.25) is 0 Å². The van der Waals surface area contributed by atoms with Gasteiger partial charge >= 0.3 is 12.1 Å². The van der Waals surface area contributed by atoms with E-state index in [0.29, 0.717) is 21.6 Å². The summed E-state index contributed by atoms with van der Waals surface area (Å²) >= 11 is 0.697. The van der Waals surface area contributed by atoms with Crippen molar-refractivity contribution in [2.75, 3.05) is 0 Å². The highest BCUT2D eigenvalue weighted by Crippen LogP contribution is 2.37. The molecule has 188 valence electrons. The van der Waals surface area contributed by atoms with E-state index in [0.717, 1.165) is 12.1 Å². The van der Waals surface area contributed by atoms with Crippen LogP contribution < -0.4 is 10.1 Å². The van der Waals surface area contributed by atoms with E-state index in [2.05, 4.69) is 10.3 Å². The molecule has 1 atom stereocenters. The molecule has 0 aliphatic rings. The lowest BCUT2D eigenvalue weighted by Gasteiger charge is -2.28. The molecule has 3 rings (SSSR count). The lowest BCUT2D eigenvalue weighted by Crippen LogP contribution is -2.49. The fourth-order valence-electron chi connectivity index (χ4n) is 3.21. The third-order valence-corrected chi connectivity index (χ3v) is 6.04. The number of thiazole rings is 1. The third kappa shape index (κ3) is 6.05. The van der Waals surface area contributed by atoms with Gasteiger partial charge in [0.15, 0.2) is 10.8 Å². The van der Waals surface area contributed by atoms with Crippen LogP contribution in [-0.2, 0) is 17.6 Å². The number of hydrogen-bond acceptors (Lipinski definition) is 5. The van der Waals surface area contributed by atoms with Gasteiger partial charge in [0.05, 0.1) is 15.8 Å². The topological polar surface area (TPSA) is 88.5 Å². The van der Waals surface area contributed by atoms with E-state index >= 15 is 0 Å². The van der Waals surface area contributed by atoms with Crippen LogP contribution in [0.3, 0.4) is 0 Å². The van der Waals surface area contributed by atoms with E-state index < -0.39 is 46.5 Å². The van der Waals surface area contributed by atoms with E-state index in [9.17, 15) is 36.6 Å². The van der Waals surface area contributed by atoms with Gasteiger partial charge in [0, 0.05) is 0 Å². The smallest absolute Gasteiger partial charge is 0.416 e. The van der Waals surface area contributed by atoms with Gasteiger partial charge in [0.25, 0.3) is 12.3 Å². The molecule has 3 aromatic rings. The van der Waals surface area contributed by atoms with E-state index in [1.807, 2.05) is 0 Å². The molecule has 0 saturated carbocycles. The molecular formula is C23H21F5N2O4S. The Kier molecular flexibility index (Phi) is 7.34. The number of alkyl halides is 5. The molecule has 1 unspecified atom stereocenters. The van der Waals surface area contributed by atoms with Gasteiger partial charge in [-0.1, -0.05) is 32.9 Å². The molecule has 12 heteroatoms. The molecule has 0 aliphatic heterocycles. The van der Waals surface area contributed by atoms with Crippen molar-refractivity contribution in [3.8, 4) is 5.75 Å². The van der Waals surface area contributed by atoms with Crippen LogP contribution in [0.1, 0.15) is 53.7 Å². The van der Waals surface area contributed by atoms with Gasteiger partial charge in [-0.05, 0) is 35.2 Å². The second-order valence-electron chi connectivity index (χ2n) is 8.74. The highest BCUT2D eigenvalue weighted by atomic mass is 32.1. The average molecular weight is 516 g/mol. The first-order valence-corrected chi connectivity index (χ1v) is 11.0. The van der Waals surface area contributed by atoms with Crippen molar-refractivity contribution in [2.45, 2.75) is 46.0 Å². The normalized spacial score (nSPS) is 13.2. The fourth-order valence-corrected chi connectivity index (χ4v) is 4.03. The van der Waals surface area contributed by atoms with Crippen molar-refractivity contribution in [2.24, 2.45) is 5.41 Å². The zero-order valence-electron chi connectivity index (χ0n) is 18.7. The number of hydrogen-bond donors (Lipinski definition) is 2. The number of carbonyl (C=O) groups is 2. The molecule has 0 aliphatic carbocycles. The van der Waals surface area contributed by atoms with Crippen molar-refractivity contribution < 1.29 is 41.4 Å². The molecule has 2 aromatic carbocycles. The number of amides is 1. The molecule has 0 radical (unpaired) electrons. The van der Waals surface area contributed by atoms with E-state index in [1.165, 1.54) is 24.3 Å². The predicted molar refractivity (Wildman–Crippen MR) is 119 cm³/mol. The number of carbonyl (C=O) groups excluding carboxylic acids is 1. The minimum atomic E-state index is -4.52. The zero-order valence-corrected chi connectivity index (χ0v) is 19.6. The molecule has 0 fully saturated rings. The molecule has 0 saturated heterocycles.